The monoisotopic (exact) mass is 448 g/mol. The molecule has 2 aliphatic carbocycles. The maximum atomic E-state index is 13.3. The van der Waals surface area contributed by atoms with Gasteiger partial charge in [-0.3, -0.25) is 9.59 Å². The molecule has 2 bridgehead atoms. The molecule has 3 aromatic heterocycles. The molecular weight excluding hydrogens is 420 g/mol. The highest BCUT2D eigenvalue weighted by atomic mass is 16.5. The summed E-state index contributed by atoms with van der Waals surface area (Å²) in [6, 6.07) is 5.18. The Labute approximate surface area is 191 Å². The van der Waals surface area contributed by atoms with Crippen molar-refractivity contribution in [2.45, 2.75) is 62.6 Å². The molecule has 33 heavy (non-hydrogen) atoms. The molecule has 1 amide bonds. The number of fused-ring (bicyclic) bond motifs is 3. The summed E-state index contributed by atoms with van der Waals surface area (Å²) >= 11 is 0. The SMILES string of the molecule is Cn1cccc(NC(=O)c2cn3cc(C45CC[C@@](C)(C4)OC5)nc3cc2OC2CCC2)c1=O. The van der Waals surface area contributed by atoms with Gasteiger partial charge in [-0.25, -0.2) is 4.98 Å². The van der Waals surface area contributed by atoms with Crippen molar-refractivity contribution in [1.29, 1.82) is 0 Å². The molecule has 3 aliphatic rings. The third-order valence-corrected chi connectivity index (χ3v) is 7.60. The van der Waals surface area contributed by atoms with Gasteiger partial charge in [-0.15, -0.1) is 0 Å². The van der Waals surface area contributed by atoms with Gasteiger partial charge in [0.15, 0.2) is 0 Å². The highest BCUT2D eigenvalue weighted by Crippen LogP contribution is 2.53. The summed E-state index contributed by atoms with van der Waals surface area (Å²) < 4.78 is 15.6. The van der Waals surface area contributed by atoms with Crippen LogP contribution in [0, 0.1) is 0 Å². The minimum Gasteiger partial charge on any atom is -0.489 e. The van der Waals surface area contributed by atoms with E-state index in [4.69, 9.17) is 14.5 Å². The Balaban J connectivity index is 1.39. The lowest BCUT2D eigenvalue weighted by atomic mass is 9.84. The Morgan fingerprint density at radius 3 is 2.82 bits per heavy atom. The number of pyridine rings is 2. The van der Waals surface area contributed by atoms with Gasteiger partial charge in [-0.2, -0.15) is 0 Å². The number of hydrogen-bond acceptors (Lipinski definition) is 5. The van der Waals surface area contributed by atoms with Gasteiger partial charge in [-0.1, -0.05) is 0 Å². The summed E-state index contributed by atoms with van der Waals surface area (Å²) in [5.41, 5.74) is 2.01. The van der Waals surface area contributed by atoms with Crippen LogP contribution >= 0.6 is 0 Å². The van der Waals surface area contributed by atoms with Crippen molar-refractivity contribution in [3.63, 3.8) is 0 Å². The standard InChI is InChI=1S/C25H28N4O4/c1-24-8-9-25(14-24,15-32-24)20-13-29-12-17(19(11-21(29)27-20)33-16-5-3-6-16)22(30)26-18-7-4-10-28(2)23(18)31/h4,7,10-13,16H,3,5-6,8-9,14-15H2,1-2H3,(H,26,30)/t24-,25?/m0/s1. The fraction of sp³-hybridized carbons (Fsp3) is 0.480. The van der Waals surface area contributed by atoms with E-state index in [-0.39, 0.29) is 34.3 Å². The van der Waals surface area contributed by atoms with Crippen LogP contribution in [0.25, 0.3) is 5.65 Å². The van der Waals surface area contributed by atoms with Crippen molar-refractivity contribution < 1.29 is 14.3 Å². The number of rotatable bonds is 5. The molecule has 1 unspecified atom stereocenters. The van der Waals surface area contributed by atoms with E-state index < -0.39 is 0 Å². The molecular formula is C25H28N4O4. The summed E-state index contributed by atoms with van der Waals surface area (Å²) in [6.45, 7) is 2.86. The van der Waals surface area contributed by atoms with E-state index in [2.05, 4.69) is 12.2 Å². The second-order valence-electron chi connectivity index (χ2n) is 10.1. The van der Waals surface area contributed by atoms with Crippen molar-refractivity contribution in [2.75, 3.05) is 11.9 Å². The second kappa shape index (κ2) is 7.18. The highest BCUT2D eigenvalue weighted by molar-refractivity contribution is 6.06. The van der Waals surface area contributed by atoms with E-state index >= 15 is 0 Å². The van der Waals surface area contributed by atoms with Gasteiger partial charge in [0.25, 0.3) is 11.5 Å². The molecule has 0 radical (unpaired) electrons. The van der Waals surface area contributed by atoms with Crippen molar-refractivity contribution >= 4 is 17.2 Å². The van der Waals surface area contributed by atoms with E-state index in [0.717, 1.165) is 49.9 Å². The summed E-state index contributed by atoms with van der Waals surface area (Å²) in [4.78, 5) is 30.6. The lowest BCUT2D eigenvalue weighted by Crippen LogP contribution is -2.27. The number of imidazole rings is 1. The summed E-state index contributed by atoms with van der Waals surface area (Å²) in [5.74, 6) is 0.131. The third-order valence-electron chi connectivity index (χ3n) is 7.60. The fourth-order valence-electron chi connectivity index (χ4n) is 5.34. The predicted molar refractivity (Wildman–Crippen MR) is 123 cm³/mol. The molecule has 6 rings (SSSR count). The van der Waals surface area contributed by atoms with E-state index in [0.29, 0.717) is 17.9 Å². The van der Waals surface area contributed by atoms with Gasteiger partial charge in [0.2, 0.25) is 0 Å². The Kier molecular flexibility index (Phi) is 4.46. The minimum absolute atomic E-state index is 0.0544. The van der Waals surface area contributed by atoms with Crippen LogP contribution < -0.4 is 15.6 Å². The molecule has 8 nitrogen and oxygen atoms in total. The van der Waals surface area contributed by atoms with Gasteiger partial charge >= 0.3 is 0 Å². The van der Waals surface area contributed by atoms with E-state index in [1.165, 1.54) is 4.57 Å². The fourth-order valence-corrected chi connectivity index (χ4v) is 5.34. The van der Waals surface area contributed by atoms with Crippen LogP contribution in [0.3, 0.4) is 0 Å². The largest absolute Gasteiger partial charge is 0.489 e. The van der Waals surface area contributed by atoms with Crippen LogP contribution in [0.2, 0.25) is 0 Å². The maximum absolute atomic E-state index is 13.3. The van der Waals surface area contributed by atoms with Crippen molar-refractivity contribution in [3.05, 3.63) is 58.4 Å². The Bertz CT molecular complexity index is 1310. The van der Waals surface area contributed by atoms with Crippen molar-refractivity contribution in [2.24, 2.45) is 7.05 Å². The first kappa shape index (κ1) is 20.5. The minimum atomic E-state index is -0.374. The van der Waals surface area contributed by atoms with Crippen molar-refractivity contribution in [3.8, 4) is 5.75 Å². The second-order valence-corrected chi connectivity index (χ2v) is 10.1. The number of aromatic nitrogens is 3. The topological polar surface area (TPSA) is 86.9 Å². The first-order valence-corrected chi connectivity index (χ1v) is 11.7. The van der Waals surface area contributed by atoms with Crippen LogP contribution in [-0.4, -0.2) is 38.2 Å². The molecule has 3 aromatic rings. The van der Waals surface area contributed by atoms with Crippen molar-refractivity contribution in [1.82, 2.24) is 14.0 Å². The first-order chi connectivity index (χ1) is 15.8. The van der Waals surface area contributed by atoms with E-state index in [1.54, 1.807) is 31.6 Å². The van der Waals surface area contributed by atoms with Gasteiger partial charge in [0, 0.05) is 37.1 Å². The van der Waals surface area contributed by atoms with E-state index in [1.807, 2.05) is 16.7 Å². The zero-order chi connectivity index (χ0) is 22.8. The number of nitrogens with one attached hydrogen (secondary N) is 1. The lowest BCUT2D eigenvalue weighted by molar-refractivity contribution is -0.00627. The average molecular weight is 449 g/mol. The number of aryl methyl sites for hydroxylation is 1. The number of nitrogens with zero attached hydrogens (tertiary/aromatic N) is 3. The number of carbonyl (C=O) groups excluding carboxylic acids is 1. The molecule has 1 N–H and O–H groups in total. The molecule has 0 aromatic carbocycles. The van der Waals surface area contributed by atoms with Crippen LogP contribution in [0.4, 0.5) is 5.69 Å². The molecule has 172 valence electrons. The molecule has 8 heteroatoms. The summed E-state index contributed by atoms with van der Waals surface area (Å²) in [7, 11) is 1.66. The molecule has 2 atom stereocenters. The number of carbonyl (C=O) groups is 1. The van der Waals surface area contributed by atoms with Crippen LogP contribution in [-0.2, 0) is 17.2 Å². The van der Waals surface area contributed by atoms with E-state index in [9.17, 15) is 9.59 Å². The van der Waals surface area contributed by atoms with Crippen LogP contribution in [0.5, 0.6) is 5.75 Å². The van der Waals surface area contributed by atoms with Crippen LogP contribution in [0.15, 0.2) is 41.6 Å². The Morgan fingerprint density at radius 2 is 2.15 bits per heavy atom. The lowest BCUT2D eigenvalue weighted by Gasteiger charge is -2.27. The van der Waals surface area contributed by atoms with Gasteiger partial charge in [0.1, 0.15) is 17.1 Å². The van der Waals surface area contributed by atoms with Gasteiger partial charge in [-0.05, 0) is 57.6 Å². The predicted octanol–water partition coefficient (Wildman–Crippen LogP) is 3.43. The molecule has 1 aliphatic heterocycles. The number of hydrogen-bond donors (Lipinski definition) is 1. The quantitative estimate of drug-likeness (QED) is 0.646. The van der Waals surface area contributed by atoms with Gasteiger partial charge in [0.05, 0.1) is 29.6 Å². The normalized spacial score (nSPS) is 26.5. The Morgan fingerprint density at radius 1 is 1.30 bits per heavy atom. The molecule has 2 saturated carbocycles. The number of ether oxygens (including phenoxy) is 2. The average Bonchev–Trinajstić information content (AvgIpc) is 3.44. The molecule has 3 fully saturated rings. The first-order valence-electron chi connectivity index (χ1n) is 11.7. The summed E-state index contributed by atoms with van der Waals surface area (Å²) in [6.07, 6.45) is 11.7. The zero-order valence-corrected chi connectivity index (χ0v) is 19.0. The molecule has 4 heterocycles. The van der Waals surface area contributed by atoms with Crippen LogP contribution in [0.1, 0.15) is 61.5 Å². The molecule has 1 saturated heterocycles. The number of anilines is 1. The van der Waals surface area contributed by atoms with Gasteiger partial charge < -0.3 is 23.8 Å². The summed E-state index contributed by atoms with van der Waals surface area (Å²) in [5, 5.41) is 2.77. The Hall–Kier alpha value is -3.13. The maximum Gasteiger partial charge on any atom is 0.274 e. The smallest absolute Gasteiger partial charge is 0.274 e. The third kappa shape index (κ3) is 3.35. The zero-order valence-electron chi connectivity index (χ0n) is 19.0. The molecule has 0 spiro atoms. The highest BCUT2D eigenvalue weighted by Gasteiger charge is 2.55. The number of amides is 1.